The van der Waals surface area contributed by atoms with Crippen LogP contribution in [0.3, 0.4) is 0 Å². The largest absolute Gasteiger partial charge is 0.495 e. The molecule has 0 aromatic heterocycles. The third-order valence-electron chi connectivity index (χ3n) is 5.22. The summed E-state index contributed by atoms with van der Waals surface area (Å²) in [6.07, 6.45) is 0. The highest BCUT2D eigenvalue weighted by Gasteiger charge is 2.31. The standard InChI is InChI=1S/C20H25ClN2O3S/c1-14-6-5-7-18(16(14)3)22-8-10-23(11-9-22)27(24,25)20-13-17(21)15(2)12-19(20)26-4/h5-7,12-13H,8-11H2,1-4H3. The third-order valence-corrected chi connectivity index (χ3v) is 7.55. The van der Waals surface area contributed by atoms with Crippen LogP contribution in [-0.2, 0) is 10.0 Å². The average Bonchev–Trinajstić information content (AvgIpc) is 2.66. The Hall–Kier alpha value is -1.76. The minimum atomic E-state index is -3.67. The van der Waals surface area contributed by atoms with Crippen molar-refractivity contribution in [3.63, 3.8) is 0 Å². The number of aryl methyl sites for hydroxylation is 2. The van der Waals surface area contributed by atoms with Gasteiger partial charge in [0.05, 0.1) is 7.11 Å². The molecule has 0 unspecified atom stereocenters. The number of ether oxygens (including phenoxy) is 1. The Morgan fingerprint density at radius 2 is 1.67 bits per heavy atom. The third kappa shape index (κ3) is 3.79. The quantitative estimate of drug-likeness (QED) is 0.772. The van der Waals surface area contributed by atoms with E-state index in [4.69, 9.17) is 16.3 Å². The number of hydrogen-bond donors (Lipinski definition) is 0. The van der Waals surface area contributed by atoms with Crippen molar-refractivity contribution in [1.29, 1.82) is 0 Å². The number of rotatable bonds is 4. The molecule has 2 aromatic carbocycles. The zero-order chi connectivity index (χ0) is 19.8. The van der Waals surface area contributed by atoms with Gasteiger partial charge in [0.15, 0.2) is 0 Å². The number of halogens is 1. The first-order valence-corrected chi connectivity index (χ1v) is 10.7. The first-order valence-electron chi connectivity index (χ1n) is 8.91. The van der Waals surface area contributed by atoms with Crippen LogP contribution in [0.1, 0.15) is 16.7 Å². The monoisotopic (exact) mass is 408 g/mol. The fraction of sp³-hybridized carbons (Fsp3) is 0.400. The van der Waals surface area contributed by atoms with Crippen LogP contribution in [-0.4, -0.2) is 46.0 Å². The second kappa shape index (κ2) is 7.70. The van der Waals surface area contributed by atoms with Crippen LogP contribution in [0.15, 0.2) is 35.2 Å². The SMILES string of the molecule is COc1cc(C)c(Cl)cc1S(=O)(=O)N1CCN(c2cccc(C)c2C)CC1. The van der Waals surface area contributed by atoms with E-state index in [1.807, 2.05) is 13.0 Å². The summed E-state index contributed by atoms with van der Waals surface area (Å²) in [5.41, 5.74) is 4.43. The van der Waals surface area contributed by atoms with E-state index >= 15 is 0 Å². The highest BCUT2D eigenvalue weighted by atomic mass is 35.5. The normalized spacial score (nSPS) is 15.8. The van der Waals surface area contributed by atoms with E-state index in [0.29, 0.717) is 37.0 Å². The summed E-state index contributed by atoms with van der Waals surface area (Å²) >= 11 is 6.18. The van der Waals surface area contributed by atoms with Crippen LogP contribution in [0.2, 0.25) is 5.02 Å². The summed E-state index contributed by atoms with van der Waals surface area (Å²) in [4.78, 5) is 2.37. The number of hydrogen-bond acceptors (Lipinski definition) is 4. The predicted molar refractivity (Wildman–Crippen MR) is 110 cm³/mol. The molecule has 0 radical (unpaired) electrons. The Bertz CT molecular complexity index is 952. The van der Waals surface area contributed by atoms with Crippen LogP contribution in [0.25, 0.3) is 0 Å². The average molecular weight is 409 g/mol. The first kappa shape index (κ1) is 20.0. The maximum atomic E-state index is 13.2. The van der Waals surface area contributed by atoms with Gasteiger partial charge in [-0.15, -0.1) is 0 Å². The van der Waals surface area contributed by atoms with Crippen molar-refractivity contribution in [2.75, 3.05) is 38.2 Å². The summed E-state index contributed by atoms with van der Waals surface area (Å²) in [5.74, 6) is 0.328. The van der Waals surface area contributed by atoms with Crippen LogP contribution in [0.5, 0.6) is 5.75 Å². The molecule has 1 saturated heterocycles. The Kier molecular flexibility index (Phi) is 5.70. The highest BCUT2D eigenvalue weighted by Crippen LogP contribution is 2.33. The lowest BCUT2D eigenvalue weighted by atomic mass is 10.1. The van der Waals surface area contributed by atoms with Crippen LogP contribution in [0.4, 0.5) is 5.69 Å². The zero-order valence-corrected chi connectivity index (χ0v) is 17.7. The summed E-state index contributed by atoms with van der Waals surface area (Å²) in [6, 6.07) is 9.38. The van der Waals surface area contributed by atoms with Gasteiger partial charge >= 0.3 is 0 Å². The van der Waals surface area contributed by atoms with Gasteiger partial charge in [0.1, 0.15) is 10.6 Å². The first-order chi connectivity index (χ1) is 12.8. The second-order valence-corrected chi connectivity index (χ2v) is 9.18. The molecule has 0 N–H and O–H groups in total. The Balaban J connectivity index is 1.83. The van der Waals surface area contributed by atoms with Crippen molar-refractivity contribution in [2.24, 2.45) is 0 Å². The summed E-state index contributed by atoms with van der Waals surface area (Å²) in [6.45, 7) is 8.15. The van der Waals surface area contributed by atoms with E-state index in [1.54, 1.807) is 6.07 Å². The number of anilines is 1. The summed E-state index contributed by atoms with van der Waals surface area (Å²) in [7, 11) is -2.20. The van der Waals surface area contributed by atoms with Gasteiger partial charge in [0.2, 0.25) is 10.0 Å². The molecule has 1 heterocycles. The number of methoxy groups -OCH3 is 1. The molecule has 0 bridgehead atoms. The van der Waals surface area contributed by atoms with Gasteiger partial charge in [0, 0.05) is 36.9 Å². The molecule has 27 heavy (non-hydrogen) atoms. The van der Waals surface area contributed by atoms with Crippen molar-refractivity contribution in [1.82, 2.24) is 4.31 Å². The second-order valence-electron chi connectivity index (χ2n) is 6.86. The van der Waals surface area contributed by atoms with E-state index in [2.05, 4.69) is 30.9 Å². The molecule has 1 aliphatic rings. The van der Waals surface area contributed by atoms with E-state index in [-0.39, 0.29) is 4.90 Å². The van der Waals surface area contributed by atoms with Gasteiger partial charge in [-0.2, -0.15) is 4.31 Å². The number of sulfonamides is 1. The number of nitrogens with zero attached hydrogens (tertiary/aromatic N) is 2. The molecule has 1 aliphatic heterocycles. The van der Waals surface area contributed by atoms with E-state index < -0.39 is 10.0 Å². The lowest BCUT2D eigenvalue weighted by Gasteiger charge is -2.36. The molecule has 146 valence electrons. The Morgan fingerprint density at radius 1 is 1.00 bits per heavy atom. The molecule has 3 rings (SSSR count). The van der Waals surface area contributed by atoms with Gasteiger partial charge in [-0.3, -0.25) is 0 Å². The fourth-order valence-electron chi connectivity index (χ4n) is 3.38. The minimum Gasteiger partial charge on any atom is -0.495 e. The molecule has 0 amide bonds. The molecule has 7 heteroatoms. The molecule has 0 aliphatic carbocycles. The maximum Gasteiger partial charge on any atom is 0.246 e. The number of benzene rings is 2. The molecule has 0 atom stereocenters. The Labute approximate surface area is 166 Å². The zero-order valence-electron chi connectivity index (χ0n) is 16.1. The van der Waals surface area contributed by atoms with Gasteiger partial charge < -0.3 is 9.64 Å². The summed E-state index contributed by atoms with van der Waals surface area (Å²) < 4.78 is 33.1. The molecular weight excluding hydrogens is 384 g/mol. The van der Waals surface area contributed by atoms with E-state index in [0.717, 1.165) is 5.56 Å². The van der Waals surface area contributed by atoms with Crippen molar-refractivity contribution < 1.29 is 13.2 Å². The van der Waals surface area contributed by atoms with E-state index in [9.17, 15) is 8.42 Å². The van der Waals surface area contributed by atoms with Crippen LogP contribution < -0.4 is 9.64 Å². The lowest BCUT2D eigenvalue weighted by molar-refractivity contribution is 0.374. The predicted octanol–water partition coefficient (Wildman–Crippen LogP) is 3.78. The van der Waals surface area contributed by atoms with Gasteiger partial charge in [-0.25, -0.2) is 8.42 Å². The van der Waals surface area contributed by atoms with Crippen molar-refractivity contribution >= 4 is 27.3 Å². The topological polar surface area (TPSA) is 49.9 Å². The molecule has 0 saturated carbocycles. The fourth-order valence-corrected chi connectivity index (χ4v) is 5.20. The molecule has 2 aromatic rings. The summed E-state index contributed by atoms with van der Waals surface area (Å²) in [5, 5.41) is 0.420. The number of piperazine rings is 1. The molecular formula is C20H25ClN2O3S. The van der Waals surface area contributed by atoms with Gasteiger partial charge in [0.25, 0.3) is 0 Å². The van der Waals surface area contributed by atoms with Crippen LogP contribution in [0, 0.1) is 20.8 Å². The van der Waals surface area contributed by atoms with Gasteiger partial charge in [-0.1, -0.05) is 23.7 Å². The van der Waals surface area contributed by atoms with Crippen LogP contribution >= 0.6 is 11.6 Å². The van der Waals surface area contributed by atoms with E-state index in [1.165, 1.54) is 34.3 Å². The van der Waals surface area contributed by atoms with Gasteiger partial charge in [-0.05, 0) is 55.7 Å². The van der Waals surface area contributed by atoms with Crippen molar-refractivity contribution in [3.8, 4) is 5.75 Å². The Morgan fingerprint density at radius 3 is 2.30 bits per heavy atom. The molecule has 0 spiro atoms. The molecule has 1 fully saturated rings. The van der Waals surface area contributed by atoms with Crippen molar-refractivity contribution in [2.45, 2.75) is 25.7 Å². The maximum absolute atomic E-state index is 13.2. The smallest absolute Gasteiger partial charge is 0.246 e. The highest BCUT2D eigenvalue weighted by molar-refractivity contribution is 7.89. The minimum absolute atomic E-state index is 0.126. The van der Waals surface area contributed by atoms with Crippen molar-refractivity contribution in [3.05, 3.63) is 52.0 Å². The lowest BCUT2D eigenvalue weighted by Crippen LogP contribution is -2.48. The molecule has 5 nitrogen and oxygen atoms in total.